The van der Waals surface area contributed by atoms with Crippen molar-refractivity contribution in [2.45, 2.75) is 37.1 Å². The van der Waals surface area contributed by atoms with Crippen molar-refractivity contribution in [1.82, 2.24) is 10.2 Å². The van der Waals surface area contributed by atoms with Crippen molar-refractivity contribution in [2.24, 2.45) is 11.8 Å². The number of hydrogen-bond acceptors (Lipinski definition) is 3. The van der Waals surface area contributed by atoms with E-state index >= 15 is 0 Å². The molecular weight excluding hydrogens is 344 g/mol. The highest BCUT2D eigenvalue weighted by Crippen LogP contribution is 2.58. The van der Waals surface area contributed by atoms with Crippen molar-refractivity contribution >= 4 is 29.4 Å². The Morgan fingerprint density at radius 3 is 2.88 bits per heavy atom. The van der Waals surface area contributed by atoms with Crippen LogP contribution in [0.5, 0.6) is 0 Å². The van der Waals surface area contributed by atoms with Crippen LogP contribution in [-0.4, -0.2) is 48.2 Å². The number of halogens is 1. The van der Waals surface area contributed by atoms with Crippen LogP contribution in [0.1, 0.15) is 24.4 Å². The van der Waals surface area contributed by atoms with Gasteiger partial charge >= 0.3 is 6.03 Å². The Morgan fingerprint density at radius 1 is 1.42 bits per heavy atom. The number of benzene rings is 1. The van der Waals surface area contributed by atoms with Gasteiger partial charge in [0, 0.05) is 17.8 Å². The lowest BCUT2D eigenvalue weighted by Crippen LogP contribution is -2.49. The Hall–Kier alpha value is -0.910. The number of hydrogen-bond donors (Lipinski definition) is 1. The number of ether oxygens (including phenoxy) is 1. The van der Waals surface area contributed by atoms with Crippen molar-refractivity contribution in [1.29, 1.82) is 0 Å². The molecule has 3 aliphatic rings. The predicted molar refractivity (Wildman–Crippen MR) is 97.5 cm³/mol. The van der Waals surface area contributed by atoms with Crippen LogP contribution in [0.4, 0.5) is 4.79 Å². The first-order valence-electron chi connectivity index (χ1n) is 8.52. The van der Waals surface area contributed by atoms with Crippen LogP contribution in [0.3, 0.4) is 0 Å². The summed E-state index contributed by atoms with van der Waals surface area (Å²) in [5.74, 6) is 2.27. The zero-order valence-corrected chi connectivity index (χ0v) is 15.5. The Kier molecular flexibility index (Phi) is 4.43. The van der Waals surface area contributed by atoms with Gasteiger partial charge in [-0.05, 0) is 42.6 Å². The van der Waals surface area contributed by atoms with Crippen molar-refractivity contribution in [3.05, 3.63) is 34.9 Å². The van der Waals surface area contributed by atoms with Crippen LogP contribution in [0, 0.1) is 11.8 Å². The molecule has 1 aromatic carbocycles. The van der Waals surface area contributed by atoms with E-state index in [0.717, 1.165) is 23.7 Å². The van der Waals surface area contributed by atoms with Gasteiger partial charge in [-0.1, -0.05) is 29.8 Å². The largest absolute Gasteiger partial charge is 0.372 e. The maximum atomic E-state index is 12.8. The highest BCUT2D eigenvalue weighted by atomic mass is 35.5. The smallest absolute Gasteiger partial charge is 0.317 e. The van der Waals surface area contributed by atoms with Gasteiger partial charge < -0.3 is 15.0 Å². The molecule has 0 aromatic heterocycles. The Morgan fingerprint density at radius 2 is 2.21 bits per heavy atom. The molecule has 2 bridgehead atoms. The number of carbonyl (C=O) groups is 1. The molecule has 0 spiro atoms. The van der Waals surface area contributed by atoms with E-state index in [1.54, 1.807) is 16.7 Å². The van der Waals surface area contributed by atoms with Crippen molar-refractivity contribution < 1.29 is 9.53 Å². The van der Waals surface area contributed by atoms with Gasteiger partial charge in [0.1, 0.15) is 0 Å². The fourth-order valence-electron chi connectivity index (χ4n) is 4.31. The number of nitrogens with one attached hydrogen (secondary N) is 1. The highest BCUT2D eigenvalue weighted by Gasteiger charge is 2.63. The molecule has 2 saturated heterocycles. The molecule has 0 radical (unpaired) electrons. The average molecular weight is 367 g/mol. The monoisotopic (exact) mass is 366 g/mol. The zero-order valence-electron chi connectivity index (χ0n) is 13.9. The molecule has 2 aliphatic heterocycles. The van der Waals surface area contributed by atoms with Crippen LogP contribution in [0.15, 0.2) is 24.3 Å². The zero-order chi connectivity index (χ0) is 16.8. The number of urea groups is 1. The molecule has 1 N–H and O–H groups in total. The normalized spacial score (nSPS) is 33.9. The number of rotatable bonds is 5. The minimum atomic E-state index is -0.0399. The van der Waals surface area contributed by atoms with E-state index in [4.69, 9.17) is 16.3 Å². The number of thioether (sulfide) groups is 1. The van der Waals surface area contributed by atoms with Gasteiger partial charge in [-0.2, -0.15) is 11.8 Å². The fourth-order valence-corrected chi connectivity index (χ4v) is 5.29. The third kappa shape index (κ3) is 2.80. The second-order valence-corrected chi connectivity index (χ2v) is 8.42. The van der Waals surface area contributed by atoms with E-state index in [2.05, 4.69) is 5.32 Å². The third-order valence-electron chi connectivity index (χ3n) is 5.69. The second-order valence-electron chi connectivity index (χ2n) is 7.10. The molecule has 3 fully saturated rings. The first kappa shape index (κ1) is 16.6. The number of fused-ring (bicyclic) bond motifs is 5. The maximum Gasteiger partial charge on any atom is 0.317 e. The van der Waals surface area contributed by atoms with Gasteiger partial charge in [-0.3, -0.25) is 0 Å². The van der Waals surface area contributed by atoms with E-state index in [1.165, 1.54) is 6.42 Å². The standard InChI is InChI=1S/C18H23ClN2O2S/c1-21(15(9-24-2)10-5-3-4-6-13(10)19)18(22)20-14-8-16-11-7-12(11)17(14)23-16/h3-6,11-12,14-17H,7-9H2,1-2H3,(H,20,22)/t11-,12+,14-,15?,16+,17+/m1/s1. The molecule has 2 heterocycles. The number of carbonyl (C=O) groups excluding carboxylic acids is 1. The Bertz CT molecular complexity index is 643. The van der Waals surface area contributed by atoms with Gasteiger partial charge in [0.2, 0.25) is 0 Å². The summed E-state index contributed by atoms with van der Waals surface area (Å²) < 4.78 is 5.98. The molecule has 1 aliphatic carbocycles. The summed E-state index contributed by atoms with van der Waals surface area (Å²) in [5, 5.41) is 3.91. The summed E-state index contributed by atoms with van der Waals surface area (Å²) in [6, 6.07) is 7.86. The molecular formula is C18H23ClN2O2S. The third-order valence-corrected chi connectivity index (χ3v) is 6.68. The van der Waals surface area contributed by atoms with E-state index in [-0.39, 0.29) is 24.2 Å². The molecule has 1 saturated carbocycles. The molecule has 4 nitrogen and oxygen atoms in total. The molecule has 130 valence electrons. The van der Waals surface area contributed by atoms with Gasteiger partial charge in [-0.15, -0.1) is 0 Å². The Balaban J connectivity index is 1.45. The van der Waals surface area contributed by atoms with Crippen LogP contribution < -0.4 is 5.32 Å². The van der Waals surface area contributed by atoms with E-state index in [1.807, 2.05) is 37.6 Å². The van der Waals surface area contributed by atoms with Crippen molar-refractivity contribution in [2.75, 3.05) is 19.1 Å². The van der Waals surface area contributed by atoms with Gasteiger partial charge in [0.25, 0.3) is 0 Å². The second kappa shape index (κ2) is 6.43. The summed E-state index contributed by atoms with van der Waals surface area (Å²) in [7, 11) is 1.85. The average Bonchev–Trinajstić information content (AvgIpc) is 3.19. The lowest BCUT2D eigenvalue weighted by atomic mass is 9.95. The fraction of sp³-hybridized carbons (Fsp3) is 0.611. The van der Waals surface area contributed by atoms with Gasteiger partial charge in [0.05, 0.1) is 24.3 Å². The van der Waals surface area contributed by atoms with Crippen LogP contribution in [-0.2, 0) is 4.74 Å². The molecule has 6 heteroatoms. The quantitative estimate of drug-likeness (QED) is 0.866. The van der Waals surface area contributed by atoms with Crippen molar-refractivity contribution in [3.8, 4) is 0 Å². The summed E-state index contributed by atoms with van der Waals surface area (Å²) in [6.07, 6.45) is 4.90. The first-order chi connectivity index (χ1) is 11.6. The lowest BCUT2D eigenvalue weighted by Gasteiger charge is -2.31. The van der Waals surface area contributed by atoms with Crippen molar-refractivity contribution in [3.63, 3.8) is 0 Å². The predicted octanol–water partition coefficient (Wildman–Crippen LogP) is 3.56. The molecule has 2 amide bonds. The summed E-state index contributed by atoms with van der Waals surface area (Å²) in [4.78, 5) is 14.6. The summed E-state index contributed by atoms with van der Waals surface area (Å²) in [5.41, 5.74) is 0.998. The van der Waals surface area contributed by atoms with Gasteiger partial charge in [0.15, 0.2) is 0 Å². The van der Waals surface area contributed by atoms with Crippen LogP contribution in [0.2, 0.25) is 5.02 Å². The molecule has 1 aromatic rings. The molecule has 6 atom stereocenters. The van der Waals surface area contributed by atoms with E-state index < -0.39 is 0 Å². The minimum Gasteiger partial charge on any atom is -0.372 e. The minimum absolute atomic E-state index is 0.0349. The van der Waals surface area contributed by atoms with Crippen LogP contribution in [0.25, 0.3) is 0 Å². The van der Waals surface area contributed by atoms with Gasteiger partial charge in [-0.25, -0.2) is 4.79 Å². The SMILES string of the molecule is CSCC(c1ccccc1Cl)N(C)C(=O)N[C@@H]1C[C@@H]2O[C@H]1[C@H]1C[C@H]12. The lowest BCUT2D eigenvalue weighted by molar-refractivity contribution is 0.0658. The van der Waals surface area contributed by atoms with Crippen LogP contribution >= 0.6 is 23.4 Å². The van der Waals surface area contributed by atoms with E-state index in [9.17, 15) is 4.79 Å². The maximum absolute atomic E-state index is 12.8. The number of nitrogens with zero attached hydrogens (tertiary/aromatic N) is 1. The van der Waals surface area contributed by atoms with E-state index in [0.29, 0.717) is 17.0 Å². The topological polar surface area (TPSA) is 41.6 Å². The summed E-state index contributed by atoms with van der Waals surface area (Å²) >= 11 is 8.08. The number of amides is 2. The Labute approximate surface area is 152 Å². The molecule has 1 unspecified atom stereocenters. The molecule has 24 heavy (non-hydrogen) atoms. The summed E-state index contributed by atoms with van der Waals surface area (Å²) in [6.45, 7) is 0. The first-order valence-corrected chi connectivity index (χ1v) is 10.3. The molecule has 4 rings (SSSR count). The highest BCUT2D eigenvalue weighted by molar-refractivity contribution is 7.98.